The van der Waals surface area contributed by atoms with E-state index in [2.05, 4.69) is 37.1 Å². The predicted molar refractivity (Wildman–Crippen MR) is 78.8 cm³/mol. The number of nitrogens with zero attached hydrogens (tertiary/aromatic N) is 1. The highest BCUT2D eigenvalue weighted by molar-refractivity contribution is 5.14. The van der Waals surface area contributed by atoms with Gasteiger partial charge in [0, 0.05) is 13.1 Å². The Morgan fingerprint density at radius 1 is 1.39 bits per heavy atom. The Kier molecular flexibility index (Phi) is 4.85. The van der Waals surface area contributed by atoms with Gasteiger partial charge in [-0.1, -0.05) is 32.4 Å². The van der Waals surface area contributed by atoms with Crippen molar-refractivity contribution < 1.29 is 0 Å². The van der Waals surface area contributed by atoms with Crippen molar-refractivity contribution in [2.45, 2.75) is 46.5 Å². The van der Waals surface area contributed by atoms with Crippen LogP contribution in [0.25, 0.3) is 0 Å². The van der Waals surface area contributed by atoms with Crippen molar-refractivity contribution in [2.75, 3.05) is 32.7 Å². The smallest absolute Gasteiger partial charge is 0.0166 e. The molecule has 2 heteroatoms. The van der Waals surface area contributed by atoms with Crippen LogP contribution in [-0.2, 0) is 0 Å². The second-order valence-electron chi connectivity index (χ2n) is 7.03. The van der Waals surface area contributed by atoms with E-state index in [1.165, 1.54) is 58.4 Å². The van der Waals surface area contributed by atoms with Crippen LogP contribution < -0.4 is 5.32 Å². The normalized spacial score (nSPS) is 27.1. The van der Waals surface area contributed by atoms with E-state index in [0.717, 1.165) is 5.92 Å². The van der Waals surface area contributed by atoms with Crippen molar-refractivity contribution in [2.24, 2.45) is 11.3 Å². The van der Waals surface area contributed by atoms with Crippen LogP contribution in [0, 0.1) is 11.3 Å². The molecule has 104 valence electrons. The zero-order chi connectivity index (χ0) is 13.0. The molecule has 0 amide bonds. The third-order valence-electron chi connectivity index (χ3n) is 4.51. The summed E-state index contributed by atoms with van der Waals surface area (Å²) in [7, 11) is 0. The Labute approximate surface area is 113 Å². The molecule has 1 atom stereocenters. The van der Waals surface area contributed by atoms with Gasteiger partial charge in [-0.05, 0) is 56.7 Å². The van der Waals surface area contributed by atoms with Crippen molar-refractivity contribution >= 4 is 0 Å². The monoisotopic (exact) mass is 250 g/mol. The van der Waals surface area contributed by atoms with Gasteiger partial charge in [-0.25, -0.2) is 0 Å². The van der Waals surface area contributed by atoms with Gasteiger partial charge in [0.2, 0.25) is 0 Å². The lowest BCUT2D eigenvalue weighted by Crippen LogP contribution is -2.35. The highest BCUT2D eigenvalue weighted by atomic mass is 15.1. The summed E-state index contributed by atoms with van der Waals surface area (Å²) in [5.74, 6) is 0.923. The lowest BCUT2D eigenvalue weighted by Gasteiger charge is -2.33. The van der Waals surface area contributed by atoms with Crippen LogP contribution in [-0.4, -0.2) is 37.6 Å². The lowest BCUT2D eigenvalue weighted by atomic mass is 9.83. The molecule has 0 aliphatic carbocycles. The summed E-state index contributed by atoms with van der Waals surface area (Å²) < 4.78 is 0. The lowest BCUT2D eigenvalue weighted by molar-refractivity contribution is 0.242. The van der Waals surface area contributed by atoms with E-state index in [9.17, 15) is 0 Å². The molecule has 0 aromatic heterocycles. The standard InChI is InChI=1S/C16H30N2/c1-16(2,3)15-7-11-18(12-8-15)10-6-14-5-4-9-17-13-14/h7,14,17H,4-6,8-13H2,1-3H3. The van der Waals surface area contributed by atoms with Crippen molar-refractivity contribution in [3.05, 3.63) is 11.6 Å². The van der Waals surface area contributed by atoms with Crippen LogP contribution in [0.2, 0.25) is 0 Å². The average molecular weight is 250 g/mol. The summed E-state index contributed by atoms with van der Waals surface area (Å²) >= 11 is 0. The van der Waals surface area contributed by atoms with Gasteiger partial charge in [0.25, 0.3) is 0 Å². The summed E-state index contributed by atoms with van der Waals surface area (Å²) in [5, 5.41) is 3.52. The quantitative estimate of drug-likeness (QED) is 0.775. The zero-order valence-corrected chi connectivity index (χ0v) is 12.5. The molecule has 2 aliphatic heterocycles. The molecule has 2 heterocycles. The van der Waals surface area contributed by atoms with Crippen molar-refractivity contribution in [3.63, 3.8) is 0 Å². The summed E-state index contributed by atoms with van der Waals surface area (Å²) in [6.07, 6.45) is 7.93. The number of rotatable bonds is 3. The molecule has 0 radical (unpaired) electrons. The van der Waals surface area contributed by atoms with E-state index in [-0.39, 0.29) is 0 Å². The summed E-state index contributed by atoms with van der Waals surface area (Å²) in [6.45, 7) is 13.2. The average Bonchev–Trinajstić information content (AvgIpc) is 2.37. The van der Waals surface area contributed by atoms with Crippen molar-refractivity contribution in [3.8, 4) is 0 Å². The number of hydrogen-bond acceptors (Lipinski definition) is 2. The predicted octanol–water partition coefficient (Wildman–Crippen LogP) is 3.05. The van der Waals surface area contributed by atoms with Gasteiger partial charge < -0.3 is 5.32 Å². The largest absolute Gasteiger partial charge is 0.316 e. The Morgan fingerprint density at radius 2 is 2.22 bits per heavy atom. The second kappa shape index (κ2) is 6.21. The fourth-order valence-corrected chi connectivity index (χ4v) is 3.13. The first-order chi connectivity index (χ1) is 8.55. The fraction of sp³-hybridized carbons (Fsp3) is 0.875. The highest BCUT2D eigenvalue weighted by Crippen LogP contribution is 2.30. The second-order valence-corrected chi connectivity index (χ2v) is 7.03. The molecule has 0 aromatic rings. The molecule has 18 heavy (non-hydrogen) atoms. The summed E-state index contributed by atoms with van der Waals surface area (Å²) in [6, 6.07) is 0. The first-order valence-electron chi connectivity index (χ1n) is 7.68. The maximum Gasteiger partial charge on any atom is 0.0166 e. The zero-order valence-electron chi connectivity index (χ0n) is 12.5. The van der Waals surface area contributed by atoms with E-state index in [4.69, 9.17) is 0 Å². The van der Waals surface area contributed by atoms with Gasteiger partial charge in [-0.3, -0.25) is 4.90 Å². The first kappa shape index (κ1) is 14.1. The Morgan fingerprint density at radius 3 is 2.78 bits per heavy atom. The third kappa shape index (κ3) is 4.10. The SMILES string of the molecule is CC(C)(C)C1=CCN(CCC2CCCNC2)CC1. The van der Waals surface area contributed by atoms with Crippen LogP contribution in [0.4, 0.5) is 0 Å². The van der Waals surface area contributed by atoms with E-state index >= 15 is 0 Å². The van der Waals surface area contributed by atoms with Crippen LogP contribution in [0.5, 0.6) is 0 Å². The van der Waals surface area contributed by atoms with E-state index < -0.39 is 0 Å². The molecule has 1 unspecified atom stereocenters. The number of hydrogen-bond donors (Lipinski definition) is 1. The Hall–Kier alpha value is -0.340. The number of nitrogens with one attached hydrogen (secondary N) is 1. The van der Waals surface area contributed by atoms with E-state index in [1.54, 1.807) is 5.57 Å². The molecule has 0 spiro atoms. The maximum absolute atomic E-state index is 3.52. The van der Waals surface area contributed by atoms with Gasteiger partial charge in [-0.15, -0.1) is 0 Å². The third-order valence-corrected chi connectivity index (χ3v) is 4.51. The minimum Gasteiger partial charge on any atom is -0.316 e. The van der Waals surface area contributed by atoms with Crippen LogP contribution in [0.1, 0.15) is 46.5 Å². The molecule has 2 aliphatic rings. The van der Waals surface area contributed by atoms with Crippen molar-refractivity contribution in [1.29, 1.82) is 0 Å². The molecule has 2 rings (SSSR count). The topological polar surface area (TPSA) is 15.3 Å². The maximum atomic E-state index is 3.52. The van der Waals surface area contributed by atoms with E-state index in [0.29, 0.717) is 5.41 Å². The van der Waals surface area contributed by atoms with Crippen LogP contribution in [0.3, 0.4) is 0 Å². The molecular formula is C16H30N2. The molecule has 1 fully saturated rings. The minimum atomic E-state index is 0.374. The molecule has 1 N–H and O–H groups in total. The molecule has 1 saturated heterocycles. The van der Waals surface area contributed by atoms with Crippen molar-refractivity contribution in [1.82, 2.24) is 10.2 Å². The summed E-state index contributed by atoms with van der Waals surface area (Å²) in [4.78, 5) is 2.63. The molecule has 0 aromatic carbocycles. The van der Waals surface area contributed by atoms with Crippen LogP contribution >= 0.6 is 0 Å². The highest BCUT2D eigenvalue weighted by Gasteiger charge is 2.21. The molecule has 0 bridgehead atoms. The first-order valence-corrected chi connectivity index (χ1v) is 7.68. The van der Waals surface area contributed by atoms with Gasteiger partial charge in [0.05, 0.1) is 0 Å². The van der Waals surface area contributed by atoms with Gasteiger partial charge >= 0.3 is 0 Å². The molecule has 0 saturated carbocycles. The summed E-state index contributed by atoms with van der Waals surface area (Å²) in [5.41, 5.74) is 2.03. The Balaban J connectivity index is 1.71. The van der Waals surface area contributed by atoms with E-state index in [1.807, 2.05) is 0 Å². The van der Waals surface area contributed by atoms with Gasteiger partial charge in [-0.2, -0.15) is 0 Å². The van der Waals surface area contributed by atoms with Crippen LogP contribution in [0.15, 0.2) is 11.6 Å². The fourth-order valence-electron chi connectivity index (χ4n) is 3.13. The minimum absolute atomic E-state index is 0.374. The number of piperidine rings is 1. The molecule has 2 nitrogen and oxygen atoms in total. The van der Waals surface area contributed by atoms with Gasteiger partial charge in [0.1, 0.15) is 0 Å². The molecular weight excluding hydrogens is 220 g/mol. The van der Waals surface area contributed by atoms with Gasteiger partial charge in [0.15, 0.2) is 0 Å². The Bertz CT molecular complexity index is 282.